The van der Waals surface area contributed by atoms with Gasteiger partial charge in [-0.2, -0.15) is 0 Å². The molecule has 2 N–H and O–H groups in total. The van der Waals surface area contributed by atoms with Crippen molar-refractivity contribution >= 4 is 14.3 Å². The summed E-state index contributed by atoms with van der Waals surface area (Å²) in [5.74, 6) is 0.732. The highest BCUT2D eigenvalue weighted by atomic mass is 28.4. The second-order valence-corrected chi connectivity index (χ2v) is 17.9. The first-order valence-electron chi connectivity index (χ1n) is 12.6. The third-order valence-electron chi connectivity index (χ3n) is 8.30. The monoisotopic (exact) mass is 484 g/mol. The van der Waals surface area contributed by atoms with Crippen molar-refractivity contribution in [1.29, 1.82) is 0 Å². The van der Waals surface area contributed by atoms with E-state index in [0.29, 0.717) is 18.1 Å². The van der Waals surface area contributed by atoms with Crippen LogP contribution in [0.4, 0.5) is 0 Å². The molecule has 192 valence electrons. The number of fused-ring (bicyclic) bond motifs is 2. The lowest BCUT2D eigenvalue weighted by Gasteiger charge is -2.37. The molecule has 4 heterocycles. The number of ether oxygens (including phenoxy) is 3. The minimum absolute atomic E-state index is 0.0483. The van der Waals surface area contributed by atoms with Gasteiger partial charge in [0.25, 0.3) is 0 Å². The van der Waals surface area contributed by atoms with Gasteiger partial charge in [0, 0.05) is 37.6 Å². The van der Waals surface area contributed by atoms with Crippen LogP contribution in [0.2, 0.25) is 18.1 Å². The Hall–Kier alpha value is -0.513. The summed E-state index contributed by atoms with van der Waals surface area (Å²) in [7, 11) is -0.204. The second kappa shape index (κ2) is 9.51. The Morgan fingerprint density at radius 2 is 1.48 bits per heavy atom. The van der Waals surface area contributed by atoms with Crippen LogP contribution < -0.4 is 10.6 Å². The van der Waals surface area contributed by atoms with Crippen molar-refractivity contribution < 1.29 is 23.4 Å². The fraction of sp³-hybridized carbons (Fsp3) is 0.960. The highest BCUT2D eigenvalue weighted by Crippen LogP contribution is 2.41. The molecule has 0 aromatic rings. The molecule has 0 radical (unpaired) electrons. The normalized spacial score (nSPS) is 36.7. The zero-order valence-corrected chi connectivity index (χ0v) is 23.5. The van der Waals surface area contributed by atoms with Crippen LogP contribution >= 0.6 is 0 Å². The van der Waals surface area contributed by atoms with Gasteiger partial charge in [0.15, 0.2) is 8.32 Å². The molecule has 0 aromatic carbocycles. The first-order valence-corrected chi connectivity index (χ1v) is 15.5. The molecule has 0 spiro atoms. The van der Waals surface area contributed by atoms with Gasteiger partial charge in [0.05, 0.1) is 30.5 Å². The van der Waals surface area contributed by atoms with Crippen LogP contribution in [0.5, 0.6) is 0 Å². The number of nitrogens with one attached hydrogen (secondary N) is 2. The summed E-state index contributed by atoms with van der Waals surface area (Å²) in [6.45, 7) is 22.7. The summed E-state index contributed by atoms with van der Waals surface area (Å²) >= 11 is 0. The average molecular weight is 485 g/mol. The summed E-state index contributed by atoms with van der Waals surface area (Å²) in [6, 6.07) is 0.299. The van der Waals surface area contributed by atoms with E-state index >= 15 is 0 Å². The average Bonchev–Trinajstić information content (AvgIpc) is 3.37. The smallest absolute Gasteiger partial charge is 0.323 e. The van der Waals surface area contributed by atoms with Crippen molar-refractivity contribution in [1.82, 2.24) is 10.6 Å². The third-order valence-corrected chi connectivity index (χ3v) is 12.8. The van der Waals surface area contributed by atoms with Crippen LogP contribution in [0.1, 0.15) is 61.3 Å². The fourth-order valence-corrected chi connectivity index (χ4v) is 6.53. The maximum Gasteiger partial charge on any atom is 0.323 e. The van der Waals surface area contributed by atoms with Crippen molar-refractivity contribution in [2.24, 2.45) is 11.8 Å². The lowest BCUT2D eigenvalue weighted by molar-refractivity contribution is -0.143. The van der Waals surface area contributed by atoms with Crippen LogP contribution in [0, 0.1) is 11.8 Å². The Kier molecular flexibility index (Phi) is 7.80. The zero-order valence-electron chi connectivity index (χ0n) is 22.5. The van der Waals surface area contributed by atoms with Crippen LogP contribution in [0.3, 0.4) is 0 Å². The number of esters is 1. The van der Waals surface area contributed by atoms with Crippen LogP contribution in [0.25, 0.3) is 0 Å². The van der Waals surface area contributed by atoms with E-state index in [1.807, 2.05) is 0 Å². The van der Waals surface area contributed by atoms with Gasteiger partial charge < -0.3 is 29.3 Å². The minimum Gasteiger partial charge on any atom is -0.468 e. The number of carbonyl (C=O) groups is 1. The van der Waals surface area contributed by atoms with E-state index in [0.717, 1.165) is 32.5 Å². The Labute approximate surface area is 202 Å². The van der Waals surface area contributed by atoms with Gasteiger partial charge in [-0.05, 0) is 58.7 Å². The molecule has 4 saturated heterocycles. The first kappa shape index (κ1) is 27.1. The van der Waals surface area contributed by atoms with E-state index < -0.39 is 8.32 Å². The molecule has 6 atom stereocenters. The van der Waals surface area contributed by atoms with E-state index in [2.05, 4.69) is 72.2 Å². The van der Waals surface area contributed by atoms with Crippen molar-refractivity contribution in [3.8, 4) is 0 Å². The Balaban J connectivity index is 0.000000194. The molecule has 0 aliphatic carbocycles. The maximum absolute atomic E-state index is 11.4. The quantitative estimate of drug-likeness (QED) is 0.467. The summed E-state index contributed by atoms with van der Waals surface area (Å²) in [6.07, 6.45) is 2.64. The lowest BCUT2D eigenvalue weighted by atomic mass is 9.91. The van der Waals surface area contributed by atoms with Crippen molar-refractivity contribution in [3.63, 3.8) is 0 Å². The number of carbonyl (C=O) groups excluding carboxylic acids is 1. The van der Waals surface area contributed by atoms with E-state index in [4.69, 9.17) is 18.6 Å². The van der Waals surface area contributed by atoms with E-state index in [-0.39, 0.29) is 40.3 Å². The van der Waals surface area contributed by atoms with Gasteiger partial charge >= 0.3 is 5.97 Å². The van der Waals surface area contributed by atoms with Crippen molar-refractivity contribution in [2.45, 2.75) is 115 Å². The van der Waals surface area contributed by atoms with Crippen LogP contribution in [-0.2, 0) is 23.4 Å². The Bertz CT molecular complexity index is 705. The molecular weight excluding hydrogens is 436 g/mol. The molecule has 0 bridgehead atoms. The number of hydrogen-bond acceptors (Lipinski definition) is 7. The molecular formula is C25H48N2O5Si. The van der Waals surface area contributed by atoms with Crippen molar-refractivity contribution in [3.05, 3.63) is 0 Å². The molecule has 0 saturated carbocycles. The summed E-state index contributed by atoms with van der Waals surface area (Å²) in [5.41, 5.74) is -0.0453. The lowest BCUT2D eigenvalue weighted by Crippen LogP contribution is -2.45. The molecule has 0 aromatic heterocycles. The van der Waals surface area contributed by atoms with Gasteiger partial charge in [-0.3, -0.25) is 4.79 Å². The second-order valence-electron chi connectivity index (χ2n) is 13.1. The first-order chi connectivity index (χ1) is 15.1. The molecule has 4 fully saturated rings. The van der Waals surface area contributed by atoms with Gasteiger partial charge in [0.1, 0.15) is 6.04 Å². The van der Waals surface area contributed by atoms with Crippen LogP contribution in [0.15, 0.2) is 0 Å². The van der Waals surface area contributed by atoms with Crippen molar-refractivity contribution in [2.75, 3.05) is 26.8 Å². The maximum atomic E-state index is 11.4. The predicted octanol–water partition coefficient (Wildman–Crippen LogP) is 3.48. The molecule has 4 aliphatic rings. The standard InChI is InChI=1S/C15H31NO2Si.C10H17NO3/c1-14(2,3)19(6,7)17-10-12-11-8-15(4,5)18-13(11)9-16-12;1-10(2)4-6-7(14-10)5-11-8(6)9(12)13-3/h11-13,16H,8-10H2,1-7H3;6-8,11H,4-5H2,1-3H3/t11-,12-,13?;6-,7?,8-/m10/s1. The summed E-state index contributed by atoms with van der Waals surface area (Å²) in [5, 5.41) is 7.03. The topological polar surface area (TPSA) is 78.0 Å². The molecule has 7 nitrogen and oxygen atoms in total. The van der Waals surface area contributed by atoms with Crippen LogP contribution in [-0.4, -0.2) is 76.6 Å². The number of methoxy groups -OCH3 is 1. The zero-order chi connectivity index (χ0) is 24.8. The molecule has 8 heteroatoms. The molecule has 4 aliphatic heterocycles. The Morgan fingerprint density at radius 1 is 0.970 bits per heavy atom. The SMILES string of the molecule is CC1(C)C[C@H]2C(CN[C@@H]2CO[Si](C)(C)C(C)(C)C)O1.COC(=O)[C@H]1NCC2OC(C)(C)C[C@@H]21. The molecule has 0 amide bonds. The number of hydrogen-bond donors (Lipinski definition) is 2. The van der Waals surface area contributed by atoms with Gasteiger partial charge in [-0.1, -0.05) is 20.8 Å². The Morgan fingerprint density at radius 3 is 2.03 bits per heavy atom. The minimum atomic E-state index is -1.63. The molecule has 2 unspecified atom stereocenters. The summed E-state index contributed by atoms with van der Waals surface area (Å²) < 4.78 is 23.1. The number of rotatable bonds is 4. The van der Waals surface area contributed by atoms with E-state index in [1.165, 1.54) is 7.11 Å². The fourth-order valence-electron chi connectivity index (χ4n) is 5.50. The van der Waals surface area contributed by atoms with E-state index in [1.54, 1.807) is 0 Å². The molecule has 33 heavy (non-hydrogen) atoms. The van der Waals surface area contributed by atoms with E-state index in [9.17, 15) is 4.79 Å². The summed E-state index contributed by atoms with van der Waals surface area (Å²) in [4.78, 5) is 11.4. The van der Waals surface area contributed by atoms with Gasteiger partial charge in [0.2, 0.25) is 0 Å². The van der Waals surface area contributed by atoms with Gasteiger partial charge in [-0.15, -0.1) is 0 Å². The predicted molar refractivity (Wildman–Crippen MR) is 133 cm³/mol. The molecule has 4 rings (SSSR count). The third kappa shape index (κ3) is 6.19. The van der Waals surface area contributed by atoms with Gasteiger partial charge in [-0.25, -0.2) is 0 Å². The highest BCUT2D eigenvalue weighted by molar-refractivity contribution is 6.74. The highest BCUT2D eigenvalue weighted by Gasteiger charge is 2.51. The largest absolute Gasteiger partial charge is 0.468 e.